The van der Waals surface area contributed by atoms with Gasteiger partial charge in [-0.3, -0.25) is 9.78 Å². The van der Waals surface area contributed by atoms with Crippen LogP contribution in [0, 0.1) is 0 Å². The van der Waals surface area contributed by atoms with Gasteiger partial charge in [0.05, 0.1) is 23.4 Å². The summed E-state index contributed by atoms with van der Waals surface area (Å²) in [6.45, 7) is 5.37. The predicted octanol–water partition coefficient (Wildman–Crippen LogP) is 5.29. The van der Waals surface area contributed by atoms with E-state index in [1.165, 1.54) is 0 Å². The molecule has 0 unspecified atom stereocenters. The Balaban J connectivity index is 1.26. The maximum atomic E-state index is 12.5. The first-order valence-corrected chi connectivity index (χ1v) is 18.1. The number of carbonyl (C=O) groups is 1. The molecule has 1 saturated heterocycles. The number of carbonyl (C=O) groups excluding carboxylic acids is 1. The van der Waals surface area contributed by atoms with Crippen LogP contribution in [0.25, 0.3) is 27.7 Å². The Bertz CT molecular complexity index is 2070. The second-order valence-electron chi connectivity index (χ2n) is 13.0. The lowest BCUT2D eigenvalue weighted by Crippen LogP contribution is -2.32. The zero-order chi connectivity index (χ0) is 33.8. The van der Waals surface area contributed by atoms with E-state index in [2.05, 4.69) is 47.8 Å². The third kappa shape index (κ3) is 7.71. The summed E-state index contributed by atoms with van der Waals surface area (Å²) in [5, 5.41) is 13.5. The van der Waals surface area contributed by atoms with Crippen LogP contribution < -0.4 is 10.6 Å². The van der Waals surface area contributed by atoms with Gasteiger partial charge in [-0.05, 0) is 61.5 Å². The molecule has 250 valence electrons. The molecule has 2 N–H and O–H groups in total. The van der Waals surface area contributed by atoms with Gasteiger partial charge in [0.2, 0.25) is 11.9 Å². The molecule has 5 aromatic rings. The van der Waals surface area contributed by atoms with Gasteiger partial charge in [-0.25, -0.2) is 8.42 Å². The summed E-state index contributed by atoms with van der Waals surface area (Å²) in [6, 6.07) is 16.2. The fourth-order valence-corrected chi connectivity index (χ4v) is 7.48. The number of rotatable bonds is 12. The largest absolute Gasteiger partial charge is 0.351 e. The van der Waals surface area contributed by atoms with Gasteiger partial charge in [-0.2, -0.15) is 19.6 Å². The van der Waals surface area contributed by atoms with E-state index in [0.29, 0.717) is 43.4 Å². The van der Waals surface area contributed by atoms with Crippen LogP contribution >= 0.6 is 0 Å². The summed E-state index contributed by atoms with van der Waals surface area (Å²) in [6.07, 6.45) is 8.57. The van der Waals surface area contributed by atoms with Crippen molar-refractivity contribution < 1.29 is 13.2 Å². The average Bonchev–Trinajstić information content (AvgIpc) is 3.49. The highest BCUT2D eigenvalue weighted by molar-refractivity contribution is 7.91. The fraction of sp³-hybridized carbons (Fsp3) is 0.361. The molecule has 2 aromatic carbocycles. The maximum absolute atomic E-state index is 12.5. The highest BCUT2D eigenvalue weighted by Gasteiger charge is 2.25. The number of benzene rings is 2. The summed E-state index contributed by atoms with van der Waals surface area (Å²) in [7, 11) is 0.961. The molecule has 6 rings (SSSR count). The molecule has 0 spiro atoms. The first-order chi connectivity index (χ1) is 23.1. The number of allylic oxidation sites excluding steroid dienone is 1. The van der Waals surface area contributed by atoms with Crippen molar-refractivity contribution in [2.24, 2.45) is 0 Å². The Morgan fingerprint density at radius 2 is 1.88 bits per heavy atom. The van der Waals surface area contributed by atoms with Gasteiger partial charge in [-0.15, -0.1) is 0 Å². The number of ketones is 1. The van der Waals surface area contributed by atoms with Crippen molar-refractivity contribution in [3.05, 3.63) is 89.8 Å². The quantitative estimate of drug-likeness (QED) is 0.169. The number of anilines is 2. The zero-order valence-electron chi connectivity index (χ0n) is 27.8. The summed E-state index contributed by atoms with van der Waals surface area (Å²) < 4.78 is 25.7. The molecule has 0 bridgehead atoms. The molecular formula is C36H42N8O3S. The van der Waals surface area contributed by atoms with Crippen LogP contribution in [0.2, 0.25) is 0 Å². The fourth-order valence-electron chi connectivity index (χ4n) is 5.98. The molecule has 4 heterocycles. The minimum Gasteiger partial charge on any atom is -0.351 e. The Labute approximate surface area is 281 Å². The van der Waals surface area contributed by atoms with Gasteiger partial charge in [0.15, 0.2) is 11.4 Å². The average molecular weight is 667 g/mol. The van der Waals surface area contributed by atoms with Crippen LogP contribution in [-0.4, -0.2) is 81.9 Å². The van der Waals surface area contributed by atoms with Gasteiger partial charge in [0.25, 0.3) is 0 Å². The Morgan fingerprint density at radius 1 is 1.08 bits per heavy atom. The topological polar surface area (TPSA) is 134 Å². The second-order valence-corrected chi connectivity index (χ2v) is 15.3. The molecule has 0 saturated carbocycles. The molecule has 11 nitrogen and oxygen atoms in total. The van der Waals surface area contributed by atoms with Crippen molar-refractivity contribution in [1.29, 1.82) is 0 Å². The minimum absolute atomic E-state index is 0.0226. The molecule has 3 aromatic heterocycles. The van der Waals surface area contributed by atoms with Crippen LogP contribution in [0.15, 0.2) is 73.1 Å². The molecular weight excluding hydrogens is 625 g/mol. The number of nitrogens with zero attached hydrogens (tertiary/aromatic N) is 6. The summed E-state index contributed by atoms with van der Waals surface area (Å²) in [5.74, 6) is 1.58. The third-order valence-electron chi connectivity index (χ3n) is 8.60. The van der Waals surface area contributed by atoms with Crippen LogP contribution in [0.4, 0.5) is 11.9 Å². The molecule has 0 amide bonds. The van der Waals surface area contributed by atoms with Crippen molar-refractivity contribution in [2.75, 3.05) is 42.8 Å². The van der Waals surface area contributed by atoms with Crippen molar-refractivity contribution in [2.45, 2.75) is 51.6 Å². The van der Waals surface area contributed by atoms with E-state index in [1.807, 2.05) is 67.8 Å². The van der Waals surface area contributed by atoms with E-state index in [1.54, 1.807) is 10.6 Å². The summed E-state index contributed by atoms with van der Waals surface area (Å²) in [5.41, 5.74) is 5.54. The number of aromatic nitrogens is 5. The van der Waals surface area contributed by atoms with Crippen molar-refractivity contribution >= 4 is 43.9 Å². The number of sulfone groups is 1. The van der Waals surface area contributed by atoms with E-state index in [-0.39, 0.29) is 29.2 Å². The third-order valence-corrected chi connectivity index (χ3v) is 10.3. The van der Waals surface area contributed by atoms with Crippen LogP contribution in [0.3, 0.4) is 0 Å². The number of hydrogen-bond donors (Lipinski definition) is 2. The Morgan fingerprint density at radius 3 is 2.65 bits per heavy atom. The second kappa shape index (κ2) is 14.2. The smallest absolute Gasteiger partial charge is 0.229 e. The van der Waals surface area contributed by atoms with Gasteiger partial charge < -0.3 is 15.5 Å². The maximum Gasteiger partial charge on any atom is 0.229 e. The molecule has 1 aliphatic rings. The highest BCUT2D eigenvalue weighted by Crippen LogP contribution is 2.31. The summed E-state index contributed by atoms with van der Waals surface area (Å²) in [4.78, 5) is 29.0. The first-order valence-electron chi connectivity index (χ1n) is 16.3. The van der Waals surface area contributed by atoms with Crippen LogP contribution in [-0.2, 0) is 27.6 Å². The summed E-state index contributed by atoms with van der Waals surface area (Å²) >= 11 is 0. The number of pyridine rings is 1. The molecule has 0 atom stereocenters. The predicted molar refractivity (Wildman–Crippen MR) is 191 cm³/mol. The van der Waals surface area contributed by atoms with Gasteiger partial charge >= 0.3 is 0 Å². The Hall–Kier alpha value is -4.68. The SMILES string of the molecule is CC(C)c1cnn2c(NCc3ccccc3-c3nccc4cc(CC(=O)/C=C/CN(C)C)ccc34)nc(NC3CCS(=O)(=O)CC3)nc12. The first kappa shape index (κ1) is 33.2. The number of hydrogen-bond acceptors (Lipinski definition) is 10. The van der Waals surface area contributed by atoms with Crippen LogP contribution in [0.5, 0.6) is 0 Å². The molecule has 1 aliphatic heterocycles. The zero-order valence-corrected chi connectivity index (χ0v) is 28.7. The van der Waals surface area contributed by atoms with E-state index in [9.17, 15) is 13.2 Å². The number of likely N-dealkylation sites (N-methyl/N-ethyl adjacent to an activating group) is 1. The highest BCUT2D eigenvalue weighted by atomic mass is 32.2. The molecule has 0 radical (unpaired) electrons. The van der Waals surface area contributed by atoms with Gasteiger partial charge in [0.1, 0.15) is 9.84 Å². The number of nitrogens with one attached hydrogen (secondary N) is 2. The lowest BCUT2D eigenvalue weighted by molar-refractivity contribution is -0.114. The Kier molecular flexibility index (Phi) is 9.83. The van der Waals surface area contributed by atoms with Crippen molar-refractivity contribution in [3.63, 3.8) is 0 Å². The normalized spacial score (nSPS) is 15.2. The van der Waals surface area contributed by atoms with E-state index < -0.39 is 9.84 Å². The van der Waals surface area contributed by atoms with Crippen molar-refractivity contribution in [1.82, 2.24) is 29.5 Å². The molecule has 0 aliphatic carbocycles. The molecule has 12 heteroatoms. The number of fused-ring (bicyclic) bond motifs is 2. The monoisotopic (exact) mass is 666 g/mol. The molecule has 48 heavy (non-hydrogen) atoms. The van der Waals surface area contributed by atoms with E-state index in [4.69, 9.17) is 15.0 Å². The molecule has 1 fully saturated rings. The van der Waals surface area contributed by atoms with Gasteiger partial charge in [-0.1, -0.05) is 62.4 Å². The van der Waals surface area contributed by atoms with Crippen molar-refractivity contribution in [3.8, 4) is 11.3 Å². The van der Waals surface area contributed by atoms with Crippen LogP contribution in [0.1, 0.15) is 49.3 Å². The lowest BCUT2D eigenvalue weighted by Gasteiger charge is -2.23. The van der Waals surface area contributed by atoms with Gasteiger partial charge in [0, 0.05) is 48.3 Å². The van der Waals surface area contributed by atoms with E-state index in [0.717, 1.165) is 45.3 Å². The lowest BCUT2D eigenvalue weighted by atomic mass is 9.97. The minimum atomic E-state index is -2.98. The van der Waals surface area contributed by atoms with E-state index >= 15 is 0 Å². The standard InChI is InChI=1S/C36H42N8O3S/c1-24(2)32-23-39-44-34(32)41-35(40-28-14-18-48(46,47)19-15-28)42-36(44)38-22-27-8-5-6-10-30(27)33-31-12-11-25(20-26(31)13-16-37-33)21-29(45)9-7-17-43(3)4/h5-13,16,20,23-24,28H,14-15,17-19,21-22H2,1-4H3,(H2,38,40,41,42)/b9-7+.